The topological polar surface area (TPSA) is 97.0 Å². The number of morpholine rings is 1. The Balaban J connectivity index is 1.37. The zero-order valence-electron chi connectivity index (χ0n) is 21.1. The quantitative estimate of drug-likeness (QED) is 0.516. The molecule has 3 atom stereocenters. The average molecular weight is 493 g/mol. The van der Waals surface area contributed by atoms with Gasteiger partial charge in [-0.2, -0.15) is 0 Å². The number of nitrogens with zero attached hydrogens (tertiary/aromatic N) is 5. The van der Waals surface area contributed by atoms with Crippen LogP contribution in [0.15, 0.2) is 30.6 Å². The second kappa shape index (κ2) is 9.95. The molecule has 0 aromatic carbocycles. The van der Waals surface area contributed by atoms with Crippen molar-refractivity contribution in [2.24, 2.45) is 0 Å². The van der Waals surface area contributed by atoms with Gasteiger partial charge in [-0.3, -0.25) is 0 Å². The van der Waals surface area contributed by atoms with E-state index in [4.69, 9.17) is 19.6 Å². The standard InChI is InChI=1S/C27H36N6O3/c1-17(16-35-2)30-27-29-13-25-23(12-24(33(25)31-27)18-3-5-20(34)6-4-18)19-9-10-28-26(11-19)32-14-21-7-8-22(15-32)36-21/h9-13,17-18,20-22,34H,3-8,14-16H2,1-2H3,(H,30,31)/t17-,18-,20-,21-,22+/m0/s1. The molecule has 1 aliphatic carbocycles. The number of methoxy groups -OCH3 is 1. The lowest BCUT2D eigenvalue weighted by molar-refractivity contribution is 0.0302. The monoisotopic (exact) mass is 492 g/mol. The van der Waals surface area contributed by atoms with Crippen LogP contribution in [0.2, 0.25) is 0 Å². The molecule has 1 saturated carbocycles. The molecule has 0 spiro atoms. The average Bonchev–Trinajstić information content (AvgIpc) is 3.43. The smallest absolute Gasteiger partial charge is 0.241 e. The lowest BCUT2D eigenvalue weighted by atomic mass is 9.85. The lowest BCUT2D eigenvalue weighted by Crippen LogP contribution is -2.43. The van der Waals surface area contributed by atoms with Gasteiger partial charge < -0.3 is 24.8 Å². The predicted molar refractivity (Wildman–Crippen MR) is 139 cm³/mol. The van der Waals surface area contributed by atoms with E-state index in [9.17, 15) is 5.11 Å². The van der Waals surface area contributed by atoms with E-state index >= 15 is 0 Å². The van der Waals surface area contributed by atoms with E-state index in [0.29, 0.717) is 30.7 Å². The summed E-state index contributed by atoms with van der Waals surface area (Å²) in [6, 6.07) is 6.65. The van der Waals surface area contributed by atoms with Crippen molar-refractivity contribution in [2.45, 2.75) is 75.7 Å². The summed E-state index contributed by atoms with van der Waals surface area (Å²) in [6.45, 7) is 4.43. The van der Waals surface area contributed by atoms with Gasteiger partial charge in [0.05, 0.1) is 36.6 Å². The van der Waals surface area contributed by atoms with Gasteiger partial charge in [0.2, 0.25) is 5.95 Å². The molecule has 3 aromatic rings. The second-order valence-corrected chi connectivity index (χ2v) is 10.6. The molecule has 3 aromatic heterocycles. The summed E-state index contributed by atoms with van der Waals surface area (Å²) in [7, 11) is 1.70. The van der Waals surface area contributed by atoms with Crippen LogP contribution < -0.4 is 10.2 Å². The van der Waals surface area contributed by atoms with Crippen molar-refractivity contribution in [1.82, 2.24) is 19.6 Å². The van der Waals surface area contributed by atoms with Crippen LogP contribution in [-0.2, 0) is 9.47 Å². The normalized spacial score (nSPS) is 26.9. The highest BCUT2D eigenvalue weighted by atomic mass is 16.5. The Morgan fingerprint density at radius 3 is 2.64 bits per heavy atom. The minimum atomic E-state index is -0.194. The van der Waals surface area contributed by atoms with Crippen molar-refractivity contribution in [3.8, 4) is 11.1 Å². The molecule has 2 N–H and O–H groups in total. The van der Waals surface area contributed by atoms with E-state index in [0.717, 1.165) is 74.1 Å². The van der Waals surface area contributed by atoms with Crippen molar-refractivity contribution in [3.05, 3.63) is 36.3 Å². The third kappa shape index (κ3) is 4.67. The van der Waals surface area contributed by atoms with Crippen LogP contribution in [0, 0.1) is 0 Å². The Morgan fingerprint density at radius 2 is 1.89 bits per heavy atom. The molecule has 9 heteroatoms. The van der Waals surface area contributed by atoms with Gasteiger partial charge >= 0.3 is 0 Å². The first-order valence-corrected chi connectivity index (χ1v) is 13.3. The number of ether oxygens (including phenoxy) is 2. The Labute approximate surface area is 211 Å². The van der Waals surface area contributed by atoms with Gasteiger partial charge in [0.15, 0.2) is 0 Å². The molecule has 9 nitrogen and oxygen atoms in total. The maximum Gasteiger partial charge on any atom is 0.241 e. The molecule has 0 amide bonds. The van der Waals surface area contributed by atoms with E-state index in [2.05, 4.69) is 44.8 Å². The van der Waals surface area contributed by atoms with Gasteiger partial charge in [-0.1, -0.05) is 0 Å². The fraction of sp³-hybridized carbons (Fsp3) is 0.593. The Kier molecular flexibility index (Phi) is 6.54. The summed E-state index contributed by atoms with van der Waals surface area (Å²) in [5, 5.41) is 18.3. The number of aromatic nitrogens is 4. The summed E-state index contributed by atoms with van der Waals surface area (Å²) in [5.41, 5.74) is 4.41. The number of aliphatic hydroxyl groups is 1. The molecule has 2 saturated heterocycles. The van der Waals surface area contributed by atoms with Crippen molar-refractivity contribution in [3.63, 3.8) is 0 Å². The van der Waals surface area contributed by atoms with Crippen molar-refractivity contribution in [2.75, 3.05) is 37.0 Å². The van der Waals surface area contributed by atoms with E-state index < -0.39 is 0 Å². The summed E-state index contributed by atoms with van der Waals surface area (Å²) >= 11 is 0. The minimum absolute atomic E-state index is 0.0994. The molecule has 36 heavy (non-hydrogen) atoms. The maximum absolute atomic E-state index is 10.1. The summed E-state index contributed by atoms with van der Waals surface area (Å²) in [6.07, 6.45) is 10.1. The second-order valence-electron chi connectivity index (χ2n) is 10.6. The number of aliphatic hydroxyl groups excluding tert-OH is 1. The van der Waals surface area contributed by atoms with Gasteiger partial charge in [-0.05, 0) is 69.2 Å². The molecule has 0 radical (unpaired) electrons. The number of hydrogen-bond donors (Lipinski definition) is 2. The molecule has 192 valence electrons. The van der Waals surface area contributed by atoms with Crippen LogP contribution in [0.5, 0.6) is 0 Å². The van der Waals surface area contributed by atoms with Crippen molar-refractivity contribution in [1.29, 1.82) is 0 Å². The number of nitrogens with one attached hydrogen (secondary N) is 1. The number of anilines is 2. The zero-order chi connectivity index (χ0) is 24.6. The zero-order valence-corrected chi connectivity index (χ0v) is 21.1. The van der Waals surface area contributed by atoms with Gasteiger partial charge in [0.1, 0.15) is 5.82 Å². The van der Waals surface area contributed by atoms with Crippen LogP contribution in [-0.4, -0.2) is 75.8 Å². The molecule has 2 aliphatic heterocycles. The highest BCUT2D eigenvalue weighted by Crippen LogP contribution is 2.38. The van der Waals surface area contributed by atoms with Gasteiger partial charge in [-0.15, -0.1) is 5.10 Å². The molecule has 6 rings (SSSR count). The van der Waals surface area contributed by atoms with E-state index in [-0.39, 0.29) is 12.1 Å². The highest BCUT2D eigenvalue weighted by molar-refractivity contribution is 5.82. The first kappa shape index (κ1) is 23.6. The first-order chi connectivity index (χ1) is 17.6. The SMILES string of the molecule is COC[C@H](C)Nc1ncc2c(-c3ccnc(N4C[C@H]5CC[C@@H](C4)O5)c3)cc([C@H]3CC[C@H](O)CC3)n2n1. The predicted octanol–water partition coefficient (Wildman–Crippen LogP) is 3.62. The molecule has 0 unspecified atom stereocenters. The number of rotatable bonds is 7. The largest absolute Gasteiger partial charge is 0.393 e. The molecular formula is C27H36N6O3. The molecule has 3 aliphatic rings. The number of hydrogen-bond acceptors (Lipinski definition) is 8. The third-order valence-electron chi connectivity index (χ3n) is 7.88. The summed E-state index contributed by atoms with van der Waals surface area (Å²) in [5.74, 6) is 1.94. The maximum atomic E-state index is 10.1. The van der Waals surface area contributed by atoms with Crippen LogP contribution in [0.4, 0.5) is 11.8 Å². The van der Waals surface area contributed by atoms with Gasteiger partial charge in [-0.25, -0.2) is 14.5 Å². The first-order valence-electron chi connectivity index (χ1n) is 13.3. The van der Waals surface area contributed by atoms with Crippen molar-refractivity contribution < 1.29 is 14.6 Å². The van der Waals surface area contributed by atoms with Crippen LogP contribution in [0.25, 0.3) is 16.6 Å². The Morgan fingerprint density at radius 1 is 1.11 bits per heavy atom. The van der Waals surface area contributed by atoms with Crippen LogP contribution in [0.1, 0.15) is 57.1 Å². The van der Waals surface area contributed by atoms with E-state index in [1.165, 1.54) is 5.69 Å². The summed E-state index contributed by atoms with van der Waals surface area (Å²) < 4.78 is 13.4. The third-order valence-corrected chi connectivity index (χ3v) is 7.88. The molecule has 2 bridgehead atoms. The Bertz CT molecular complexity index is 1200. The van der Waals surface area contributed by atoms with Gasteiger partial charge in [0.25, 0.3) is 0 Å². The number of fused-ring (bicyclic) bond motifs is 3. The minimum Gasteiger partial charge on any atom is -0.393 e. The lowest BCUT2D eigenvalue weighted by Gasteiger charge is -2.33. The van der Waals surface area contributed by atoms with Crippen LogP contribution >= 0.6 is 0 Å². The number of pyridine rings is 1. The Hall–Kier alpha value is -2.75. The van der Waals surface area contributed by atoms with E-state index in [1.54, 1.807) is 7.11 Å². The molecular weight excluding hydrogens is 456 g/mol. The van der Waals surface area contributed by atoms with Gasteiger partial charge in [0, 0.05) is 49.6 Å². The molecule has 3 fully saturated rings. The molecule has 5 heterocycles. The highest BCUT2D eigenvalue weighted by Gasteiger charge is 2.34. The fourth-order valence-corrected chi connectivity index (χ4v) is 6.05. The van der Waals surface area contributed by atoms with Crippen molar-refractivity contribution >= 4 is 17.3 Å². The summed E-state index contributed by atoms with van der Waals surface area (Å²) in [4.78, 5) is 11.7. The van der Waals surface area contributed by atoms with E-state index in [1.807, 2.05) is 12.4 Å². The fourth-order valence-electron chi connectivity index (χ4n) is 6.05. The van der Waals surface area contributed by atoms with Crippen LogP contribution in [0.3, 0.4) is 0 Å².